The second-order valence-electron chi connectivity index (χ2n) is 8.10. The fourth-order valence-corrected chi connectivity index (χ4v) is 4.17. The lowest BCUT2D eigenvalue weighted by molar-refractivity contribution is 0.0722. The van der Waals surface area contributed by atoms with Gasteiger partial charge in [-0.2, -0.15) is 0 Å². The van der Waals surface area contributed by atoms with Gasteiger partial charge in [0.1, 0.15) is 17.1 Å². The SMILES string of the molecule is CCOc1ccc(C2c3c(oc4cc(OC)ccc4c3=O)C(=O)N2CCCN(C)C)cc1. The highest BCUT2D eigenvalue weighted by Gasteiger charge is 2.42. The van der Waals surface area contributed by atoms with Crippen molar-refractivity contribution in [2.24, 2.45) is 0 Å². The van der Waals surface area contributed by atoms with E-state index in [0.29, 0.717) is 35.4 Å². The summed E-state index contributed by atoms with van der Waals surface area (Å²) in [7, 11) is 5.54. The maximum Gasteiger partial charge on any atom is 0.290 e. The van der Waals surface area contributed by atoms with E-state index in [1.54, 1.807) is 30.2 Å². The second kappa shape index (κ2) is 9.04. The van der Waals surface area contributed by atoms with Gasteiger partial charge >= 0.3 is 0 Å². The summed E-state index contributed by atoms with van der Waals surface area (Å²) in [4.78, 5) is 30.7. The number of fused-ring (bicyclic) bond motifs is 2. The van der Waals surface area contributed by atoms with Crippen LogP contribution in [0.4, 0.5) is 0 Å². The van der Waals surface area contributed by atoms with Gasteiger partial charge in [0.25, 0.3) is 5.91 Å². The van der Waals surface area contributed by atoms with Gasteiger partial charge in [0.2, 0.25) is 5.76 Å². The molecule has 3 aromatic rings. The van der Waals surface area contributed by atoms with Crippen molar-refractivity contribution in [1.82, 2.24) is 9.80 Å². The molecule has 1 aromatic heterocycles. The fourth-order valence-electron chi connectivity index (χ4n) is 4.17. The van der Waals surface area contributed by atoms with Crippen LogP contribution in [-0.2, 0) is 0 Å². The first-order valence-corrected chi connectivity index (χ1v) is 10.8. The van der Waals surface area contributed by atoms with Gasteiger partial charge in [-0.25, -0.2) is 0 Å². The van der Waals surface area contributed by atoms with Crippen molar-refractivity contribution in [1.29, 1.82) is 0 Å². The third-order valence-corrected chi connectivity index (χ3v) is 5.69. The van der Waals surface area contributed by atoms with Gasteiger partial charge in [-0.05, 0) is 63.8 Å². The summed E-state index contributed by atoms with van der Waals surface area (Å²) in [5, 5.41) is 0.434. The van der Waals surface area contributed by atoms with E-state index >= 15 is 0 Å². The van der Waals surface area contributed by atoms with Crippen LogP contribution in [0, 0.1) is 0 Å². The predicted molar refractivity (Wildman–Crippen MR) is 123 cm³/mol. The van der Waals surface area contributed by atoms with E-state index in [1.165, 1.54) is 0 Å². The van der Waals surface area contributed by atoms with Crippen molar-refractivity contribution in [3.05, 3.63) is 69.6 Å². The van der Waals surface area contributed by atoms with Crippen molar-refractivity contribution in [2.75, 3.05) is 40.9 Å². The molecule has 168 valence electrons. The van der Waals surface area contributed by atoms with Crippen molar-refractivity contribution in [3.63, 3.8) is 0 Å². The highest BCUT2D eigenvalue weighted by atomic mass is 16.5. The van der Waals surface area contributed by atoms with Crippen molar-refractivity contribution < 1.29 is 18.7 Å². The summed E-state index contributed by atoms with van der Waals surface area (Å²) >= 11 is 0. The topological polar surface area (TPSA) is 72.2 Å². The molecule has 0 fully saturated rings. The molecule has 1 aliphatic heterocycles. The minimum absolute atomic E-state index is 0.111. The Morgan fingerprint density at radius 1 is 1.06 bits per heavy atom. The Morgan fingerprint density at radius 3 is 2.44 bits per heavy atom. The van der Waals surface area contributed by atoms with Crippen LogP contribution in [-0.4, -0.2) is 56.6 Å². The second-order valence-corrected chi connectivity index (χ2v) is 8.10. The van der Waals surface area contributed by atoms with E-state index in [0.717, 1.165) is 24.3 Å². The fraction of sp³-hybridized carbons (Fsp3) is 0.360. The molecule has 7 heteroatoms. The standard InChI is InChI=1S/C25H28N2O5/c1-5-31-17-9-7-16(8-10-17)22-21-23(28)19-12-11-18(30-4)15-20(19)32-24(21)25(29)27(22)14-6-13-26(2)3/h7-12,15,22H,5-6,13-14H2,1-4H3. The summed E-state index contributed by atoms with van der Waals surface area (Å²) in [5.41, 5.74) is 1.40. The van der Waals surface area contributed by atoms with Gasteiger partial charge < -0.3 is 23.7 Å². The Labute approximate surface area is 187 Å². The van der Waals surface area contributed by atoms with E-state index in [1.807, 2.05) is 45.3 Å². The Bertz CT molecular complexity index is 1180. The van der Waals surface area contributed by atoms with Crippen molar-refractivity contribution >= 4 is 16.9 Å². The van der Waals surface area contributed by atoms with Gasteiger partial charge in [0.05, 0.1) is 30.7 Å². The maximum absolute atomic E-state index is 13.5. The van der Waals surface area contributed by atoms with E-state index in [2.05, 4.69) is 4.90 Å². The Morgan fingerprint density at radius 2 is 1.78 bits per heavy atom. The number of methoxy groups -OCH3 is 1. The number of hydrogen-bond donors (Lipinski definition) is 0. The van der Waals surface area contributed by atoms with Crippen molar-refractivity contribution in [2.45, 2.75) is 19.4 Å². The molecular formula is C25H28N2O5. The number of amides is 1. The van der Waals surface area contributed by atoms with Crippen LogP contribution in [0.3, 0.4) is 0 Å². The molecule has 4 rings (SSSR count). The number of nitrogens with zero attached hydrogens (tertiary/aromatic N) is 2. The first-order chi connectivity index (χ1) is 15.4. The molecule has 0 saturated carbocycles. The molecule has 0 radical (unpaired) electrons. The van der Waals surface area contributed by atoms with Gasteiger partial charge in [0.15, 0.2) is 5.43 Å². The lowest BCUT2D eigenvalue weighted by atomic mass is 9.98. The van der Waals surface area contributed by atoms with Gasteiger partial charge in [-0.1, -0.05) is 12.1 Å². The van der Waals surface area contributed by atoms with E-state index in [-0.39, 0.29) is 17.1 Å². The summed E-state index contributed by atoms with van der Waals surface area (Å²) in [6.07, 6.45) is 0.780. The van der Waals surface area contributed by atoms with Crippen LogP contribution in [0.5, 0.6) is 11.5 Å². The van der Waals surface area contributed by atoms with Crippen LogP contribution >= 0.6 is 0 Å². The predicted octanol–water partition coefficient (Wildman–Crippen LogP) is 3.70. The monoisotopic (exact) mass is 436 g/mol. The van der Waals surface area contributed by atoms with Crippen LogP contribution in [0.15, 0.2) is 51.7 Å². The zero-order valence-electron chi connectivity index (χ0n) is 18.9. The smallest absolute Gasteiger partial charge is 0.290 e. The molecule has 0 bridgehead atoms. The molecule has 0 aliphatic carbocycles. The number of benzene rings is 2. The molecule has 7 nitrogen and oxygen atoms in total. The average Bonchev–Trinajstić information content (AvgIpc) is 3.06. The van der Waals surface area contributed by atoms with Gasteiger partial charge in [-0.3, -0.25) is 9.59 Å². The number of hydrogen-bond acceptors (Lipinski definition) is 6. The Kier molecular flexibility index (Phi) is 6.19. The molecule has 1 unspecified atom stereocenters. The molecule has 2 heterocycles. The Balaban J connectivity index is 1.83. The minimum Gasteiger partial charge on any atom is -0.497 e. The van der Waals surface area contributed by atoms with E-state index in [9.17, 15) is 9.59 Å². The third-order valence-electron chi connectivity index (χ3n) is 5.69. The largest absolute Gasteiger partial charge is 0.497 e. The van der Waals surface area contributed by atoms with Crippen LogP contribution in [0.1, 0.15) is 41.1 Å². The summed E-state index contributed by atoms with van der Waals surface area (Å²) in [5.74, 6) is 1.16. The molecule has 0 spiro atoms. The molecule has 1 atom stereocenters. The molecule has 2 aromatic carbocycles. The minimum atomic E-state index is -0.502. The summed E-state index contributed by atoms with van der Waals surface area (Å²) < 4.78 is 16.8. The zero-order valence-corrected chi connectivity index (χ0v) is 18.9. The first kappa shape index (κ1) is 21.9. The highest BCUT2D eigenvalue weighted by Crippen LogP contribution is 2.39. The number of carbonyl (C=O) groups is 1. The number of ether oxygens (including phenoxy) is 2. The molecule has 1 aliphatic rings. The van der Waals surface area contributed by atoms with Crippen molar-refractivity contribution in [3.8, 4) is 11.5 Å². The molecule has 0 saturated heterocycles. The third kappa shape index (κ3) is 3.96. The molecular weight excluding hydrogens is 408 g/mol. The molecule has 32 heavy (non-hydrogen) atoms. The van der Waals surface area contributed by atoms with Crippen LogP contribution in [0.2, 0.25) is 0 Å². The average molecular weight is 437 g/mol. The Hall–Kier alpha value is -3.32. The first-order valence-electron chi connectivity index (χ1n) is 10.8. The summed E-state index contributed by atoms with van der Waals surface area (Å²) in [6.45, 7) is 3.84. The van der Waals surface area contributed by atoms with Crippen LogP contribution < -0.4 is 14.9 Å². The quantitative estimate of drug-likeness (QED) is 0.536. The molecule has 0 N–H and O–H groups in total. The van der Waals surface area contributed by atoms with Gasteiger partial charge in [0, 0.05) is 12.6 Å². The van der Waals surface area contributed by atoms with E-state index < -0.39 is 6.04 Å². The maximum atomic E-state index is 13.5. The van der Waals surface area contributed by atoms with Crippen LogP contribution in [0.25, 0.3) is 11.0 Å². The molecule has 1 amide bonds. The van der Waals surface area contributed by atoms with Gasteiger partial charge in [-0.15, -0.1) is 0 Å². The normalized spacial score (nSPS) is 15.5. The van der Waals surface area contributed by atoms with E-state index in [4.69, 9.17) is 13.9 Å². The summed E-state index contributed by atoms with van der Waals surface area (Å²) in [6, 6.07) is 12.1. The highest BCUT2D eigenvalue weighted by molar-refractivity contribution is 5.99. The number of carbonyl (C=O) groups excluding carboxylic acids is 1. The zero-order chi connectivity index (χ0) is 22.8. The number of rotatable bonds is 8. The lowest BCUT2D eigenvalue weighted by Crippen LogP contribution is -2.32. The lowest BCUT2D eigenvalue weighted by Gasteiger charge is -2.26.